The molecule has 130 valence electrons. The molecule has 3 aromatic rings. The van der Waals surface area contributed by atoms with Crippen molar-refractivity contribution >= 4 is 40.1 Å². The minimum atomic E-state index is -0.195. The number of amides is 1. The Morgan fingerprint density at radius 3 is 2.72 bits per heavy atom. The molecule has 1 heterocycles. The standard InChI is InChI=1S/C18H17Cl2N3O2/c1-23-16-6-4-12(25-2)10-15(16)22-17(23)7-8-21-18(24)11-3-5-13(19)14(20)9-11/h3-6,9-10H,7-8H2,1-2H3,(H,21,24). The zero-order chi connectivity index (χ0) is 18.0. The van der Waals surface area contributed by atoms with Gasteiger partial charge in [0.1, 0.15) is 11.6 Å². The van der Waals surface area contributed by atoms with Crippen LogP contribution in [0.1, 0.15) is 16.2 Å². The van der Waals surface area contributed by atoms with Gasteiger partial charge >= 0.3 is 0 Å². The summed E-state index contributed by atoms with van der Waals surface area (Å²) in [4.78, 5) is 16.8. The van der Waals surface area contributed by atoms with E-state index in [0.717, 1.165) is 22.6 Å². The van der Waals surface area contributed by atoms with Crippen molar-refractivity contribution in [3.05, 3.63) is 57.8 Å². The van der Waals surface area contributed by atoms with Crippen LogP contribution in [0.25, 0.3) is 11.0 Å². The van der Waals surface area contributed by atoms with Gasteiger partial charge in [0.05, 0.1) is 28.2 Å². The molecule has 1 aromatic heterocycles. The van der Waals surface area contributed by atoms with Crippen LogP contribution < -0.4 is 10.1 Å². The maximum Gasteiger partial charge on any atom is 0.251 e. The lowest BCUT2D eigenvalue weighted by Gasteiger charge is -2.06. The van der Waals surface area contributed by atoms with Crippen molar-refractivity contribution in [2.24, 2.45) is 7.05 Å². The molecule has 0 bridgehead atoms. The molecule has 0 spiro atoms. The number of nitrogens with one attached hydrogen (secondary N) is 1. The fourth-order valence-electron chi connectivity index (χ4n) is 2.61. The predicted molar refractivity (Wildman–Crippen MR) is 99.8 cm³/mol. The third-order valence-corrected chi connectivity index (χ3v) is 4.74. The molecule has 5 nitrogen and oxygen atoms in total. The number of rotatable bonds is 5. The Kier molecular flexibility index (Phi) is 5.16. The van der Waals surface area contributed by atoms with E-state index in [1.165, 1.54) is 0 Å². The molecule has 0 unspecified atom stereocenters. The van der Waals surface area contributed by atoms with E-state index in [4.69, 9.17) is 27.9 Å². The van der Waals surface area contributed by atoms with Crippen LogP contribution in [0.4, 0.5) is 0 Å². The van der Waals surface area contributed by atoms with Crippen molar-refractivity contribution in [3.63, 3.8) is 0 Å². The molecule has 0 saturated carbocycles. The lowest BCUT2D eigenvalue weighted by atomic mass is 10.2. The quantitative estimate of drug-likeness (QED) is 0.734. The van der Waals surface area contributed by atoms with Gasteiger partial charge < -0.3 is 14.6 Å². The summed E-state index contributed by atoms with van der Waals surface area (Å²) in [6, 6.07) is 10.6. The summed E-state index contributed by atoms with van der Waals surface area (Å²) in [5, 5.41) is 3.65. The number of hydrogen-bond donors (Lipinski definition) is 1. The summed E-state index contributed by atoms with van der Waals surface area (Å²) >= 11 is 11.8. The predicted octanol–water partition coefficient (Wildman–Crippen LogP) is 3.86. The second-order valence-electron chi connectivity index (χ2n) is 5.58. The molecule has 0 aliphatic rings. The molecule has 0 radical (unpaired) electrons. The topological polar surface area (TPSA) is 56.1 Å². The second-order valence-corrected chi connectivity index (χ2v) is 6.39. The molecule has 1 amide bonds. The van der Waals surface area contributed by atoms with Crippen LogP contribution in [0.3, 0.4) is 0 Å². The zero-order valence-corrected chi connectivity index (χ0v) is 15.4. The van der Waals surface area contributed by atoms with Crippen molar-refractivity contribution in [1.82, 2.24) is 14.9 Å². The zero-order valence-electron chi connectivity index (χ0n) is 13.8. The van der Waals surface area contributed by atoms with E-state index in [1.807, 2.05) is 29.8 Å². The van der Waals surface area contributed by atoms with Gasteiger partial charge in [-0.25, -0.2) is 4.98 Å². The maximum atomic E-state index is 12.2. The number of carbonyl (C=O) groups excluding carboxylic acids is 1. The number of nitrogens with zero attached hydrogens (tertiary/aromatic N) is 2. The Morgan fingerprint density at radius 2 is 2.00 bits per heavy atom. The van der Waals surface area contributed by atoms with Crippen LogP contribution in [-0.4, -0.2) is 29.1 Å². The summed E-state index contributed by atoms with van der Waals surface area (Å²) in [5.41, 5.74) is 2.36. The van der Waals surface area contributed by atoms with Gasteiger partial charge in [-0.05, 0) is 30.3 Å². The van der Waals surface area contributed by atoms with Crippen molar-refractivity contribution in [2.75, 3.05) is 13.7 Å². The van der Waals surface area contributed by atoms with E-state index in [9.17, 15) is 4.79 Å². The van der Waals surface area contributed by atoms with Gasteiger partial charge in [0, 0.05) is 31.6 Å². The lowest BCUT2D eigenvalue weighted by Crippen LogP contribution is -2.26. The number of ether oxygens (including phenoxy) is 1. The first-order valence-electron chi connectivity index (χ1n) is 7.72. The summed E-state index contributed by atoms with van der Waals surface area (Å²) < 4.78 is 7.24. The molecule has 2 aromatic carbocycles. The van der Waals surface area contributed by atoms with E-state index >= 15 is 0 Å². The smallest absolute Gasteiger partial charge is 0.251 e. The highest BCUT2D eigenvalue weighted by Crippen LogP contribution is 2.23. The largest absolute Gasteiger partial charge is 0.497 e. The first-order chi connectivity index (χ1) is 12.0. The fourth-order valence-corrected chi connectivity index (χ4v) is 2.91. The highest BCUT2D eigenvalue weighted by atomic mass is 35.5. The summed E-state index contributed by atoms with van der Waals surface area (Å²) in [6.45, 7) is 0.466. The van der Waals surface area contributed by atoms with Gasteiger partial charge in [0.25, 0.3) is 5.91 Å². The highest BCUT2D eigenvalue weighted by Gasteiger charge is 2.11. The van der Waals surface area contributed by atoms with Crippen LogP contribution in [-0.2, 0) is 13.5 Å². The third kappa shape index (κ3) is 3.72. The number of hydrogen-bond acceptors (Lipinski definition) is 3. The SMILES string of the molecule is COc1ccc2c(c1)nc(CCNC(=O)c1ccc(Cl)c(Cl)c1)n2C. The first-order valence-corrected chi connectivity index (χ1v) is 8.48. The lowest BCUT2D eigenvalue weighted by molar-refractivity contribution is 0.0954. The number of imidazole rings is 1. The molecule has 25 heavy (non-hydrogen) atoms. The maximum absolute atomic E-state index is 12.2. The van der Waals surface area contributed by atoms with Gasteiger partial charge in [-0.2, -0.15) is 0 Å². The molecular weight excluding hydrogens is 361 g/mol. The summed E-state index contributed by atoms with van der Waals surface area (Å²) in [7, 11) is 3.58. The third-order valence-electron chi connectivity index (χ3n) is 4.00. The van der Waals surface area contributed by atoms with Crippen LogP contribution >= 0.6 is 23.2 Å². The van der Waals surface area contributed by atoms with E-state index < -0.39 is 0 Å². The van der Waals surface area contributed by atoms with Crippen LogP contribution in [0.5, 0.6) is 5.75 Å². The first kappa shape index (κ1) is 17.6. The number of aromatic nitrogens is 2. The Morgan fingerprint density at radius 1 is 1.20 bits per heavy atom. The highest BCUT2D eigenvalue weighted by molar-refractivity contribution is 6.42. The number of carbonyl (C=O) groups is 1. The van der Waals surface area contributed by atoms with Crippen molar-refractivity contribution in [1.29, 1.82) is 0 Å². The van der Waals surface area contributed by atoms with Crippen molar-refractivity contribution in [3.8, 4) is 5.75 Å². The molecule has 0 atom stereocenters. The van der Waals surface area contributed by atoms with Gasteiger partial charge in [-0.3, -0.25) is 4.79 Å². The van der Waals surface area contributed by atoms with Crippen LogP contribution in [0.2, 0.25) is 10.0 Å². The number of halogens is 2. The Labute approximate surface area is 155 Å². The average Bonchev–Trinajstić information content (AvgIpc) is 2.92. The van der Waals surface area contributed by atoms with Crippen LogP contribution in [0, 0.1) is 0 Å². The second kappa shape index (κ2) is 7.33. The molecule has 7 heteroatoms. The molecule has 0 fully saturated rings. The molecule has 0 saturated heterocycles. The normalized spacial score (nSPS) is 10.9. The average molecular weight is 378 g/mol. The number of aryl methyl sites for hydroxylation is 1. The number of benzene rings is 2. The van der Waals surface area contributed by atoms with Gasteiger partial charge in [-0.15, -0.1) is 0 Å². The van der Waals surface area contributed by atoms with E-state index in [-0.39, 0.29) is 5.91 Å². The molecule has 0 aliphatic carbocycles. The molecule has 0 aliphatic heterocycles. The van der Waals surface area contributed by atoms with Crippen molar-refractivity contribution < 1.29 is 9.53 Å². The van der Waals surface area contributed by atoms with E-state index in [2.05, 4.69) is 10.3 Å². The Hall–Kier alpha value is -2.24. The van der Waals surface area contributed by atoms with Gasteiger partial charge in [-0.1, -0.05) is 23.2 Å². The Balaban J connectivity index is 1.67. The number of fused-ring (bicyclic) bond motifs is 1. The fraction of sp³-hybridized carbons (Fsp3) is 0.222. The van der Waals surface area contributed by atoms with Crippen LogP contribution in [0.15, 0.2) is 36.4 Å². The molecule has 1 N–H and O–H groups in total. The summed E-state index contributed by atoms with van der Waals surface area (Å²) in [5.74, 6) is 1.46. The van der Waals surface area contributed by atoms with Crippen molar-refractivity contribution in [2.45, 2.75) is 6.42 Å². The molecule has 3 rings (SSSR count). The Bertz CT molecular complexity index is 937. The van der Waals surface area contributed by atoms with E-state index in [1.54, 1.807) is 25.3 Å². The minimum absolute atomic E-state index is 0.195. The van der Waals surface area contributed by atoms with E-state index in [0.29, 0.717) is 28.6 Å². The summed E-state index contributed by atoms with van der Waals surface area (Å²) in [6.07, 6.45) is 0.612. The minimum Gasteiger partial charge on any atom is -0.497 e. The van der Waals surface area contributed by atoms with Gasteiger partial charge in [0.2, 0.25) is 0 Å². The molecular formula is C18H17Cl2N3O2. The number of methoxy groups -OCH3 is 1. The monoisotopic (exact) mass is 377 g/mol. The van der Waals surface area contributed by atoms with Gasteiger partial charge in [0.15, 0.2) is 0 Å².